The van der Waals surface area contributed by atoms with Gasteiger partial charge >= 0.3 is 0 Å². The van der Waals surface area contributed by atoms with Gasteiger partial charge in [0, 0.05) is 0 Å². The Hall–Kier alpha value is -1.82. The highest BCUT2D eigenvalue weighted by Gasteiger charge is 2.61. The lowest BCUT2D eigenvalue weighted by Gasteiger charge is -2.37. The molecule has 3 atom stereocenters. The molecular weight excluding hydrogens is 264 g/mol. The zero-order chi connectivity index (χ0) is 15.4. The van der Waals surface area contributed by atoms with Gasteiger partial charge < -0.3 is 0 Å². The monoisotopic (exact) mass is 288 g/mol. The Bertz CT molecular complexity index is 708. The summed E-state index contributed by atoms with van der Waals surface area (Å²) in [5.41, 5.74) is 5.06. The normalized spacial score (nSPS) is 32.0. The molecule has 0 aliphatic heterocycles. The molecule has 2 aromatic carbocycles. The first-order valence-corrected chi connectivity index (χ1v) is 8.37. The van der Waals surface area contributed by atoms with Crippen molar-refractivity contribution in [1.29, 1.82) is 0 Å². The van der Waals surface area contributed by atoms with E-state index in [1.165, 1.54) is 17.5 Å². The fraction of sp³-hybridized carbons (Fsp3) is 0.364. The number of allylic oxidation sites excluding steroid dienone is 2. The van der Waals surface area contributed by atoms with Crippen LogP contribution in [0.2, 0.25) is 0 Å². The minimum atomic E-state index is 0.263. The second-order valence-corrected chi connectivity index (χ2v) is 7.75. The van der Waals surface area contributed by atoms with E-state index in [-0.39, 0.29) is 5.41 Å². The van der Waals surface area contributed by atoms with Gasteiger partial charge in [-0.2, -0.15) is 0 Å². The number of fused-ring (bicyclic) bond motifs is 2. The molecule has 4 rings (SSSR count). The molecule has 0 N–H and O–H groups in total. The van der Waals surface area contributed by atoms with E-state index in [1.807, 2.05) is 0 Å². The molecule has 0 amide bonds. The fourth-order valence-electron chi connectivity index (χ4n) is 4.90. The average molecular weight is 288 g/mol. The summed E-state index contributed by atoms with van der Waals surface area (Å²) < 4.78 is 0. The summed E-state index contributed by atoms with van der Waals surface area (Å²) >= 11 is 0. The molecule has 0 aromatic heterocycles. The van der Waals surface area contributed by atoms with Gasteiger partial charge in [0.1, 0.15) is 0 Å². The minimum absolute atomic E-state index is 0.263. The number of hydrogen-bond acceptors (Lipinski definition) is 0. The molecule has 2 aromatic rings. The van der Waals surface area contributed by atoms with Gasteiger partial charge in [0.05, 0.1) is 0 Å². The van der Waals surface area contributed by atoms with Crippen LogP contribution in [0.1, 0.15) is 44.2 Å². The molecule has 112 valence electrons. The molecule has 2 aliphatic rings. The molecule has 1 fully saturated rings. The lowest BCUT2D eigenvalue weighted by atomic mass is 9.66. The van der Waals surface area contributed by atoms with E-state index < -0.39 is 0 Å². The molecule has 2 aliphatic carbocycles. The van der Waals surface area contributed by atoms with Gasteiger partial charge in [0.15, 0.2) is 0 Å². The quantitative estimate of drug-likeness (QED) is 0.643. The molecule has 0 heterocycles. The first kappa shape index (κ1) is 13.8. The number of hydrogen-bond donors (Lipinski definition) is 0. The molecule has 1 saturated carbocycles. The van der Waals surface area contributed by atoms with E-state index in [0.717, 1.165) is 0 Å². The lowest BCUT2D eigenvalue weighted by Crippen LogP contribution is -2.29. The number of benzene rings is 2. The Morgan fingerprint density at radius 2 is 1.41 bits per heavy atom. The molecule has 0 heteroatoms. The summed E-state index contributed by atoms with van der Waals surface area (Å²) in [5.74, 6) is 1.30. The van der Waals surface area contributed by atoms with Crippen molar-refractivity contribution < 1.29 is 0 Å². The van der Waals surface area contributed by atoms with E-state index >= 15 is 0 Å². The van der Waals surface area contributed by atoms with Crippen LogP contribution in [0.5, 0.6) is 0 Å². The van der Waals surface area contributed by atoms with Crippen LogP contribution in [0, 0.1) is 16.7 Å². The summed E-state index contributed by atoms with van der Waals surface area (Å²) in [6.07, 6.45) is 3.84. The maximum atomic E-state index is 2.58. The van der Waals surface area contributed by atoms with Crippen LogP contribution in [0.25, 0.3) is 5.57 Å². The summed E-state index contributed by atoms with van der Waals surface area (Å²) in [6.45, 7) is 7.41. The first-order chi connectivity index (χ1) is 10.5. The van der Waals surface area contributed by atoms with Crippen molar-refractivity contribution in [3.8, 4) is 0 Å². The standard InChI is InChI=1S/C22H24/c1-21(2)20-14-19(17-12-8-5-9-13-17)22(21,3)15-18(20)16-10-6-4-7-11-16/h4-14,18,20H,15H2,1-3H3/t18?,20?,22-/m0/s1. The van der Waals surface area contributed by atoms with Crippen molar-refractivity contribution in [2.45, 2.75) is 33.1 Å². The van der Waals surface area contributed by atoms with Crippen LogP contribution < -0.4 is 0 Å². The van der Waals surface area contributed by atoms with Crippen molar-refractivity contribution in [2.75, 3.05) is 0 Å². The summed E-state index contributed by atoms with van der Waals surface area (Å²) in [6, 6.07) is 22.1. The molecule has 0 saturated heterocycles. The third-order valence-corrected chi connectivity index (χ3v) is 6.57. The van der Waals surface area contributed by atoms with Crippen molar-refractivity contribution in [3.63, 3.8) is 0 Å². The van der Waals surface area contributed by atoms with Crippen molar-refractivity contribution >= 4 is 5.57 Å². The fourth-order valence-corrected chi connectivity index (χ4v) is 4.90. The van der Waals surface area contributed by atoms with Gasteiger partial charge in [-0.3, -0.25) is 0 Å². The van der Waals surface area contributed by atoms with Crippen LogP contribution in [0.4, 0.5) is 0 Å². The van der Waals surface area contributed by atoms with Gasteiger partial charge in [-0.1, -0.05) is 87.5 Å². The minimum Gasteiger partial charge on any atom is -0.0758 e. The third-order valence-electron chi connectivity index (χ3n) is 6.57. The Morgan fingerprint density at radius 1 is 0.818 bits per heavy atom. The highest BCUT2D eigenvalue weighted by Crippen LogP contribution is 2.71. The predicted octanol–water partition coefficient (Wildman–Crippen LogP) is 5.92. The molecule has 0 spiro atoms. The predicted molar refractivity (Wildman–Crippen MR) is 93.6 cm³/mol. The molecular formula is C22H24. The Balaban J connectivity index is 1.80. The zero-order valence-corrected chi connectivity index (χ0v) is 13.7. The molecule has 2 unspecified atom stereocenters. The smallest absolute Gasteiger partial charge is 0.000942 e. The van der Waals surface area contributed by atoms with Crippen molar-refractivity contribution in [2.24, 2.45) is 16.7 Å². The SMILES string of the molecule is CC1(C)C2C=C(c3ccccc3)[C@]1(C)CC2c1ccccc1. The third kappa shape index (κ3) is 1.70. The van der Waals surface area contributed by atoms with Crippen LogP contribution in [0.15, 0.2) is 66.7 Å². The van der Waals surface area contributed by atoms with Crippen LogP contribution in [0.3, 0.4) is 0 Å². The highest BCUT2D eigenvalue weighted by atomic mass is 14.6. The number of rotatable bonds is 2. The maximum absolute atomic E-state index is 2.58. The molecule has 0 nitrogen and oxygen atoms in total. The Labute approximate surface area is 133 Å². The van der Waals surface area contributed by atoms with Crippen LogP contribution in [-0.4, -0.2) is 0 Å². The first-order valence-electron chi connectivity index (χ1n) is 8.37. The second-order valence-electron chi connectivity index (χ2n) is 7.75. The largest absolute Gasteiger partial charge is 0.0758 e. The van der Waals surface area contributed by atoms with Gasteiger partial charge in [-0.05, 0) is 45.8 Å². The van der Waals surface area contributed by atoms with E-state index in [1.54, 1.807) is 5.57 Å². The second kappa shape index (κ2) is 4.59. The van der Waals surface area contributed by atoms with Crippen molar-refractivity contribution in [3.05, 3.63) is 77.9 Å². The van der Waals surface area contributed by atoms with Crippen LogP contribution >= 0.6 is 0 Å². The average Bonchev–Trinajstić information content (AvgIpc) is 2.87. The molecule has 0 radical (unpaired) electrons. The van der Waals surface area contributed by atoms with Gasteiger partial charge in [0.25, 0.3) is 0 Å². The van der Waals surface area contributed by atoms with Gasteiger partial charge in [-0.25, -0.2) is 0 Å². The molecule has 2 bridgehead atoms. The maximum Gasteiger partial charge on any atom is -0.000942 e. The Morgan fingerprint density at radius 3 is 1.95 bits per heavy atom. The Kier molecular flexibility index (Phi) is 2.88. The van der Waals surface area contributed by atoms with E-state index in [0.29, 0.717) is 17.3 Å². The van der Waals surface area contributed by atoms with Crippen molar-refractivity contribution in [1.82, 2.24) is 0 Å². The highest BCUT2D eigenvalue weighted by molar-refractivity contribution is 5.76. The van der Waals surface area contributed by atoms with Gasteiger partial charge in [0.2, 0.25) is 0 Å². The lowest BCUT2D eigenvalue weighted by molar-refractivity contribution is 0.188. The van der Waals surface area contributed by atoms with Crippen LogP contribution in [-0.2, 0) is 0 Å². The summed E-state index contributed by atoms with van der Waals surface area (Å²) in [5, 5.41) is 0. The van der Waals surface area contributed by atoms with E-state index in [4.69, 9.17) is 0 Å². The topological polar surface area (TPSA) is 0 Å². The summed E-state index contributed by atoms with van der Waals surface area (Å²) in [7, 11) is 0. The molecule has 22 heavy (non-hydrogen) atoms. The van der Waals surface area contributed by atoms with Gasteiger partial charge in [-0.15, -0.1) is 0 Å². The zero-order valence-electron chi connectivity index (χ0n) is 13.7. The van der Waals surface area contributed by atoms with E-state index in [9.17, 15) is 0 Å². The van der Waals surface area contributed by atoms with E-state index in [2.05, 4.69) is 87.5 Å². The summed E-state index contributed by atoms with van der Waals surface area (Å²) in [4.78, 5) is 0.